The maximum atomic E-state index is 13.7. The second kappa shape index (κ2) is 4.50. The Balaban J connectivity index is 2.61. The van der Waals surface area contributed by atoms with Crippen molar-refractivity contribution in [3.8, 4) is 0 Å². The van der Waals surface area contributed by atoms with Crippen LogP contribution in [0, 0.1) is 18.6 Å². The van der Waals surface area contributed by atoms with E-state index >= 15 is 0 Å². The van der Waals surface area contributed by atoms with Crippen molar-refractivity contribution in [3.63, 3.8) is 0 Å². The second-order valence-corrected chi connectivity index (χ2v) is 4.51. The van der Waals surface area contributed by atoms with Gasteiger partial charge in [-0.25, -0.2) is 8.78 Å². The van der Waals surface area contributed by atoms with Gasteiger partial charge in [0.2, 0.25) is 0 Å². The molecule has 0 spiro atoms. The average Bonchev–Trinajstić information content (AvgIpc) is 2.32. The number of hydrogen-bond donors (Lipinski definition) is 1. The first-order chi connectivity index (χ1) is 8.43. The van der Waals surface area contributed by atoms with Crippen LogP contribution in [0.3, 0.4) is 0 Å². The van der Waals surface area contributed by atoms with Gasteiger partial charge in [-0.3, -0.25) is 0 Å². The monoisotopic (exact) mass is 248 g/mol. The molecule has 0 saturated carbocycles. The van der Waals surface area contributed by atoms with E-state index < -0.39 is 17.2 Å². The Morgan fingerprint density at radius 3 is 2.33 bits per heavy atom. The lowest BCUT2D eigenvalue weighted by Gasteiger charge is -2.26. The Labute approximate surface area is 105 Å². The van der Waals surface area contributed by atoms with Crippen LogP contribution in [-0.2, 0) is 5.60 Å². The molecule has 0 radical (unpaired) electrons. The third kappa shape index (κ3) is 2.14. The molecular formula is C15H14F2O. The van der Waals surface area contributed by atoms with Gasteiger partial charge in [0, 0.05) is 5.56 Å². The zero-order chi connectivity index (χ0) is 13.3. The number of benzene rings is 2. The normalized spacial score (nSPS) is 14.3. The van der Waals surface area contributed by atoms with Crippen LogP contribution in [0.2, 0.25) is 0 Å². The molecule has 0 aliphatic heterocycles. The van der Waals surface area contributed by atoms with Crippen molar-refractivity contribution in [2.45, 2.75) is 19.4 Å². The van der Waals surface area contributed by atoms with Gasteiger partial charge in [-0.1, -0.05) is 24.3 Å². The summed E-state index contributed by atoms with van der Waals surface area (Å²) in [5.74, 6) is -0.960. The quantitative estimate of drug-likeness (QED) is 0.862. The zero-order valence-corrected chi connectivity index (χ0v) is 10.2. The molecule has 1 atom stereocenters. The van der Waals surface area contributed by atoms with Crippen LogP contribution in [0.5, 0.6) is 0 Å². The summed E-state index contributed by atoms with van der Waals surface area (Å²) in [5.41, 5.74) is -0.340. The average molecular weight is 248 g/mol. The Bertz CT molecular complexity index is 576. The number of halogens is 2. The second-order valence-electron chi connectivity index (χ2n) is 4.51. The van der Waals surface area contributed by atoms with Crippen LogP contribution in [0.1, 0.15) is 23.6 Å². The topological polar surface area (TPSA) is 20.2 Å². The summed E-state index contributed by atoms with van der Waals surface area (Å²) in [6, 6.07) is 10.1. The predicted octanol–water partition coefficient (Wildman–Crippen LogP) is 3.53. The lowest BCUT2D eigenvalue weighted by molar-refractivity contribution is 0.0969. The first kappa shape index (κ1) is 12.7. The van der Waals surface area contributed by atoms with E-state index in [1.54, 1.807) is 25.1 Å². The third-order valence-corrected chi connectivity index (χ3v) is 3.12. The molecule has 0 aliphatic rings. The fourth-order valence-corrected chi connectivity index (χ4v) is 2.12. The van der Waals surface area contributed by atoms with Crippen LogP contribution in [0.15, 0.2) is 42.5 Å². The van der Waals surface area contributed by atoms with Crippen molar-refractivity contribution < 1.29 is 13.9 Å². The fraction of sp³-hybridized carbons (Fsp3) is 0.200. The van der Waals surface area contributed by atoms with E-state index in [1.165, 1.54) is 31.2 Å². The zero-order valence-electron chi connectivity index (χ0n) is 10.2. The molecule has 18 heavy (non-hydrogen) atoms. The summed E-state index contributed by atoms with van der Waals surface area (Å²) in [7, 11) is 0. The standard InChI is InChI=1S/C15H14F2O/c1-10-7-8-11(16)9-13(10)15(2,18)12-5-3-4-6-14(12)17/h3-9,18H,1-2H3. The molecule has 0 fully saturated rings. The minimum atomic E-state index is -1.56. The van der Waals surface area contributed by atoms with Gasteiger partial charge in [0.05, 0.1) is 0 Å². The van der Waals surface area contributed by atoms with Gasteiger partial charge in [-0.15, -0.1) is 0 Å². The highest BCUT2D eigenvalue weighted by molar-refractivity contribution is 5.40. The Morgan fingerprint density at radius 2 is 1.67 bits per heavy atom. The van der Waals surface area contributed by atoms with Crippen LogP contribution < -0.4 is 0 Å². The number of hydrogen-bond acceptors (Lipinski definition) is 1. The summed E-state index contributed by atoms with van der Waals surface area (Å²) in [6.07, 6.45) is 0. The lowest BCUT2D eigenvalue weighted by atomic mass is 9.85. The molecule has 0 heterocycles. The Hall–Kier alpha value is -1.74. The molecule has 0 saturated heterocycles. The number of aryl methyl sites for hydroxylation is 1. The van der Waals surface area contributed by atoms with E-state index in [9.17, 15) is 13.9 Å². The minimum Gasteiger partial charge on any atom is -0.381 e. The predicted molar refractivity (Wildman–Crippen MR) is 66.2 cm³/mol. The highest BCUT2D eigenvalue weighted by atomic mass is 19.1. The van der Waals surface area contributed by atoms with Crippen LogP contribution in [0.4, 0.5) is 8.78 Å². The van der Waals surface area contributed by atoms with Gasteiger partial charge in [0.25, 0.3) is 0 Å². The summed E-state index contributed by atoms with van der Waals surface area (Å²) in [4.78, 5) is 0. The molecule has 0 amide bonds. The molecule has 94 valence electrons. The van der Waals surface area contributed by atoms with E-state index in [-0.39, 0.29) is 5.56 Å². The van der Waals surface area contributed by atoms with Crippen LogP contribution in [-0.4, -0.2) is 5.11 Å². The van der Waals surface area contributed by atoms with Crippen molar-refractivity contribution in [3.05, 3.63) is 70.8 Å². The summed E-state index contributed by atoms with van der Waals surface area (Å²) < 4.78 is 27.0. The van der Waals surface area contributed by atoms with E-state index in [4.69, 9.17) is 0 Å². The van der Waals surface area contributed by atoms with E-state index in [2.05, 4.69) is 0 Å². The first-order valence-corrected chi connectivity index (χ1v) is 5.67. The highest BCUT2D eigenvalue weighted by Gasteiger charge is 2.30. The van der Waals surface area contributed by atoms with E-state index in [1.807, 2.05) is 0 Å². The lowest BCUT2D eigenvalue weighted by Crippen LogP contribution is -2.25. The molecule has 0 aromatic heterocycles. The van der Waals surface area contributed by atoms with Crippen molar-refractivity contribution >= 4 is 0 Å². The molecular weight excluding hydrogens is 234 g/mol. The van der Waals surface area contributed by atoms with Crippen molar-refractivity contribution in [2.24, 2.45) is 0 Å². The van der Waals surface area contributed by atoms with Gasteiger partial charge >= 0.3 is 0 Å². The largest absolute Gasteiger partial charge is 0.381 e. The van der Waals surface area contributed by atoms with Gasteiger partial charge in [-0.2, -0.15) is 0 Å². The molecule has 0 aliphatic carbocycles. The first-order valence-electron chi connectivity index (χ1n) is 5.67. The number of rotatable bonds is 2. The number of aliphatic hydroxyl groups is 1. The van der Waals surface area contributed by atoms with Crippen LogP contribution >= 0.6 is 0 Å². The Morgan fingerprint density at radius 1 is 1.00 bits per heavy atom. The molecule has 2 aromatic rings. The van der Waals surface area contributed by atoms with Crippen molar-refractivity contribution in [1.82, 2.24) is 0 Å². The molecule has 3 heteroatoms. The molecule has 1 N–H and O–H groups in total. The summed E-state index contributed by atoms with van der Waals surface area (Å²) in [5, 5.41) is 10.5. The maximum absolute atomic E-state index is 13.7. The van der Waals surface area contributed by atoms with Crippen molar-refractivity contribution in [2.75, 3.05) is 0 Å². The molecule has 1 unspecified atom stereocenters. The molecule has 1 nitrogen and oxygen atoms in total. The van der Waals surface area contributed by atoms with Gasteiger partial charge in [-0.05, 0) is 43.2 Å². The van der Waals surface area contributed by atoms with Gasteiger partial charge < -0.3 is 5.11 Å². The molecule has 2 rings (SSSR count). The van der Waals surface area contributed by atoms with Crippen LogP contribution in [0.25, 0.3) is 0 Å². The highest BCUT2D eigenvalue weighted by Crippen LogP contribution is 2.33. The smallest absolute Gasteiger partial charge is 0.129 e. The SMILES string of the molecule is Cc1ccc(F)cc1C(C)(O)c1ccccc1F. The third-order valence-electron chi connectivity index (χ3n) is 3.12. The van der Waals surface area contributed by atoms with Crippen molar-refractivity contribution in [1.29, 1.82) is 0 Å². The summed E-state index contributed by atoms with van der Waals surface area (Å²) >= 11 is 0. The fourth-order valence-electron chi connectivity index (χ4n) is 2.12. The maximum Gasteiger partial charge on any atom is 0.129 e. The Kier molecular flexibility index (Phi) is 3.18. The van der Waals surface area contributed by atoms with E-state index in [0.717, 1.165) is 0 Å². The minimum absolute atomic E-state index is 0.138. The molecule has 2 aromatic carbocycles. The summed E-state index contributed by atoms with van der Waals surface area (Å²) in [6.45, 7) is 3.22. The molecule has 0 bridgehead atoms. The van der Waals surface area contributed by atoms with Gasteiger partial charge in [0.15, 0.2) is 0 Å². The van der Waals surface area contributed by atoms with Gasteiger partial charge in [0.1, 0.15) is 17.2 Å². The van der Waals surface area contributed by atoms with E-state index in [0.29, 0.717) is 11.1 Å².